The lowest BCUT2D eigenvalue weighted by molar-refractivity contribution is -0.167. The van der Waals surface area contributed by atoms with Gasteiger partial charge in [-0.25, -0.2) is 0 Å². The Kier molecular flexibility index (Phi) is 10.1. The number of hydrogen-bond donors (Lipinski definition) is 2. The summed E-state index contributed by atoms with van der Waals surface area (Å²) in [5, 5.41) is 4.74. The number of benzene rings is 1. The lowest BCUT2D eigenvalue weighted by atomic mass is 10.1. The number of alkyl halides is 3. The van der Waals surface area contributed by atoms with E-state index in [9.17, 15) is 27.6 Å². The van der Waals surface area contributed by atoms with Crippen LogP contribution in [0, 0.1) is 0 Å². The Balaban J connectivity index is 1.31. The predicted molar refractivity (Wildman–Crippen MR) is 124 cm³/mol. The molecule has 11 heteroatoms. The Bertz CT molecular complexity index is 842. The number of nitrogens with zero attached hydrogens (tertiary/aromatic N) is 2. The second kappa shape index (κ2) is 13.0. The molecule has 8 nitrogen and oxygen atoms in total. The number of piperazine rings is 1. The Morgan fingerprint density at radius 3 is 2.34 bits per heavy atom. The third-order valence-electron chi connectivity index (χ3n) is 6.25. The molecule has 0 radical (unpaired) electrons. The van der Waals surface area contributed by atoms with Crippen LogP contribution in [0.25, 0.3) is 0 Å². The number of rotatable bonds is 11. The van der Waals surface area contributed by atoms with Crippen molar-refractivity contribution in [2.45, 2.75) is 57.0 Å². The van der Waals surface area contributed by atoms with Crippen LogP contribution in [0.2, 0.25) is 0 Å². The highest BCUT2D eigenvalue weighted by atomic mass is 19.4. The zero-order valence-corrected chi connectivity index (χ0v) is 19.7. The van der Waals surface area contributed by atoms with Crippen molar-refractivity contribution in [3.63, 3.8) is 0 Å². The van der Waals surface area contributed by atoms with Crippen LogP contribution < -0.4 is 10.6 Å². The lowest BCUT2D eigenvalue weighted by Crippen LogP contribution is -2.48. The van der Waals surface area contributed by atoms with Gasteiger partial charge >= 0.3 is 12.1 Å². The van der Waals surface area contributed by atoms with E-state index in [2.05, 4.69) is 15.1 Å². The average molecular weight is 499 g/mol. The molecule has 2 aliphatic heterocycles. The van der Waals surface area contributed by atoms with Crippen LogP contribution in [-0.2, 0) is 25.7 Å². The first-order valence-corrected chi connectivity index (χ1v) is 12.0. The molecule has 1 aromatic rings. The maximum absolute atomic E-state index is 12.4. The number of ether oxygens (including phenoxy) is 1. The zero-order valence-electron chi connectivity index (χ0n) is 19.7. The van der Waals surface area contributed by atoms with Gasteiger partial charge in [0, 0.05) is 64.3 Å². The summed E-state index contributed by atoms with van der Waals surface area (Å²) in [5.41, 5.74) is 1.09. The van der Waals surface area contributed by atoms with E-state index in [0.717, 1.165) is 57.4 Å². The number of amides is 2. The molecule has 2 heterocycles. The molecule has 0 aromatic heterocycles. The van der Waals surface area contributed by atoms with Crippen molar-refractivity contribution in [1.82, 2.24) is 15.1 Å². The van der Waals surface area contributed by atoms with Crippen LogP contribution in [0.5, 0.6) is 0 Å². The van der Waals surface area contributed by atoms with E-state index in [1.807, 2.05) is 5.32 Å². The summed E-state index contributed by atoms with van der Waals surface area (Å²) in [7, 11) is 0. The fourth-order valence-corrected chi connectivity index (χ4v) is 4.30. The number of aldehydes is 1. The summed E-state index contributed by atoms with van der Waals surface area (Å²) in [6.07, 6.45) is -0.696. The Labute approximate surface area is 203 Å². The Morgan fingerprint density at radius 2 is 1.69 bits per heavy atom. The standard InChI is InChI=1S/C24H33F3N4O4/c25-24(26,27)23(34)29-19-6-4-18(5-7-19)16-30-10-12-31(13-11-30)17-21-9-8-20(35-21)15-28-22(33)3-1-2-14-32/h4-7,14,20-21H,1-3,8-13,15-17H2,(H,28,33)(H,29,34). The number of halogens is 3. The van der Waals surface area contributed by atoms with Crippen molar-refractivity contribution >= 4 is 23.8 Å². The van der Waals surface area contributed by atoms with Gasteiger partial charge in [-0.05, 0) is 37.0 Å². The third-order valence-corrected chi connectivity index (χ3v) is 6.25. The fraction of sp³-hybridized carbons (Fsp3) is 0.625. The van der Waals surface area contributed by atoms with E-state index in [4.69, 9.17) is 4.74 Å². The minimum absolute atomic E-state index is 0.0280. The predicted octanol–water partition coefficient (Wildman–Crippen LogP) is 2.34. The summed E-state index contributed by atoms with van der Waals surface area (Å²) >= 11 is 0. The van der Waals surface area contributed by atoms with Gasteiger partial charge in [0.1, 0.15) is 6.29 Å². The molecule has 0 saturated carbocycles. The van der Waals surface area contributed by atoms with E-state index in [-0.39, 0.29) is 23.8 Å². The molecule has 194 valence electrons. The zero-order chi connectivity index (χ0) is 25.3. The lowest BCUT2D eigenvalue weighted by Gasteiger charge is -2.35. The van der Waals surface area contributed by atoms with Crippen molar-refractivity contribution in [3.8, 4) is 0 Å². The highest BCUT2D eigenvalue weighted by Gasteiger charge is 2.38. The van der Waals surface area contributed by atoms with Gasteiger partial charge in [0.25, 0.3) is 0 Å². The molecule has 2 unspecified atom stereocenters. The van der Waals surface area contributed by atoms with Crippen molar-refractivity contribution in [3.05, 3.63) is 29.8 Å². The highest BCUT2D eigenvalue weighted by Crippen LogP contribution is 2.22. The molecule has 0 spiro atoms. The van der Waals surface area contributed by atoms with Crippen LogP contribution in [0.1, 0.15) is 37.7 Å². The van der Waals surface area contributed by atoms with Gasteiger partial charge in [0.15, 0.2) is 0 Å². The van der Waals surface area contributed by atoms with Crippen LogP contribution in [0.4, 0.5) is 18.9 Å². The largest absolute Gasteiger partial charge is 0.471 e. The summed E-state index contributed by atoms with van der Waals surface area (Å²) in [5.74, 6) is -2.02. The maximum atomic E-state index is 12.4. The molecule has 2 atom stereocenters. The third kappa shape index (κ3) is 9.23. The topological polar surface area (TPSA) is 91.0 Å². The van der Waals surface area contributed by atoms with E-state index in [0.29, 0.717) is 32.4 Å². The molecule has 35 heavy (non-hydrogen) atoms. The first-order chi connectivity index (χ1) is 16.7. The van der Waals surface area contributed by atoms with Crippen LogP contribution in [-0.4, -0.2) is 85.6 Å². The van der Waals surface area contributed by atoms with Gasteiger partial charge in [0.2, 0.25) is 5.91 Å². The monoisotopic (exact) mass is 498 g/mol. The summed E-state index contributed by atoms with van der Waals surface area (Å²) < 4.78 is 43.2. The van der Waals surface area contributed by atoms with Gasteiger partial charge in [-0.2, -0.15) is 13.2 Å². The van der Waals surface area contributed by atoms with Crippen LogP contribution in [0.3, 0.4) is 0 Å². The molecule has 2 saturated heterocycles. The normalized spacial score (nSPS) is 21.6. The summed E-state index contributed by atoms with van der Waals surface area (Å²) in [4.78, 5) is 37.8. The fourth-order valence-electron chi connectivity index (χ4n) is 4.30. The molecule has 2 N–H and O–H groups in total. The van der Waals surface area contributed by atoms with E-state index < -0.39 is 12.1 Å². The molecular formula is C24H33F3N4O4. The average Bonchev–Trinajstić information content (AvgIpc) is 3.27. The van der Waals surface area contributed by atoms with Gasteiger partial charge in [-0.3, -0.25) is 19.4 Å². The SMILES string of the molecule is O=CCCCC(=O)NCC1CCC(CN2CCN(Cc3ccc(NC(=O)C(F)(F)F)cc3)CC2)O1. The van der Waals surface area contributed by atoms with E-state index in [1.165, 1.54) is 12.1 Å². The molecule has 2 amide bonds. The number of nitrogens with one attached hydrogen (secondary N) is 2. The van der Waals surface area contributed by atoms with Gasteiger partial charge in [-0.1, -0.05) is 12.1 Å². The van der Waals surface area contributed by atoms with Gasteiger partial charge in [-0.15, -0.1) is 0 Å². The van der Waals surface area contributed by atoms with E-state index >= 15 is 0 Å². The minimum Gasteiger partial charge on any atom is -0.372 e. The molecule has 2 aliphatic rings. The second-order valence-corrected chi connectivity index (χ2v) is 9.05. The molecule has 2 fully saturated rings. The number of unbranched alkanes of at least 4 members (excludes halogenated alkanes) is 1. The number of carbonyl (C=O) groups excluding carboxylic acids is 3. The number of anilines is 1. The number of carbonyl (C=O) groups is 3. The second-order valence-electron chi connectivity index (χ2n) is 9.05. The molecule has 0 aliphatic carbocycles. The van der Waals surface area contributed by atoms with Crippen LogP contribution in [0.15, 0.2) is 24.3 Å². The Hall–Kier alpha value is -2.50. The van der Waals surface area contributed by atoms with Crippen molar-refractivity contribution in [2.75, 3.05) is 44.6 Å². The molecule has 3 rings (SSSR count). The number of hydrogen-bond acceptors (Lipinski definition) is 6. The minimum atomic E-state index is -4.91. The maximum Gasteiger partial charge on any atom is 0.471 e. The first kappa shape index (κ1) is 27.1. The Morgan fingerprint density at radius 1 is 1.03 bits per heavy atom. The van der Waals surface area contributed by atoms with Crippen molar-refractivity contribution in [1.29, 1.82) is 0 Å². The van der Waals surface area contributed by atoms with Crippen molar-refractivity contribution in [2.24, 2.45) is 0 Å². The summed E-state index contributed by atoms with van der Waals surface area (Å²) in [6, 6.07) is 6.42. The van der Waals surface area contributed by atoms with Crippen LogP contribution >= 0.6 is 0 Å². The smallest absolute Gasteiger partial charge is 0.372 e. The van der Waals surface area contributed by atoms with Crippen molar-refractivity contribution < 1.29 is 32.3 Å². The van der Waals surface area contributed by atoms with E-state index in [1.54, 1.807) is 12.1 Å². The highest BCUT2D eigenvalue weighted by molar-refractivity contribution is 5.94. The molecule has 1 aromatic carbocycles. The van der Waals surface area contributed by atoms with Gasteiger partial charge < -0.3 is 20.2 Å². The summed E-state index contributed by atoms with van der Waals surface area (Å²) in [6.45, 7) is 5.60. The quantitative estimate of drug-likeness (QED) is 0.360. The van der Waals surface area contributed by atoms with Gasteiger partial charge in [0.05, 0.1) is 12.2 Å². The molecular weight excluding hydrogens is 465 g/mol. The molecule has 0 bridgehead atoms. The first-order valence-electron chi connectivity index (χ1n) is 12.0.